The Morgan fingerprint density at radius 1 is 1.11 bits per heavy atom. The van der Waals surface area contributed by atoms with Gasteiger partial charge in [0, 0.05) is 31.5 Å². The summed E-state index contributed by atoms with van der Waals surface area (Å²) >= 11 is 0. The van der Waals surface area contributed by atoms with Crippen LogP contribution < -0.4 is 10.9 Å². The molecule has 0 saturated carbocycles. The molecule has 1 aliphatic rings. The number of carbonyl (C=O) groups is 1. The normalized spacial score (nSPS) is 18.5. The van der Waals surface area contributed by atoms with Crippen LogP contribution in [0.4, 0.5) is 28.2 Å². The summed E-state index contributed by atoms with van der Waals surface area (Å²) in [5, 5.41) is 2.91. The fourth-order valence-corrected chi connectivity index (χ4v) is 3.78. The van der Waals surface area contributed by atoms with Crippen molar-refractivity contribution in [2.24, 2.45) is 7.05 Å². The molecule has 13 heteroatoms. The number of fused-ring (bicyclic) bond motifs is 1. The zero-order valence-corrected chi connectivity index (χ0v) is 19.9. The van der Waals surface area contributed by atoms with Crippen molar-refractivity contribution in [3.05, 3.63) is 46.8 Å². The molecule has 1 N–H and O–H groups in total. The van der Waals surface area contributed by atoms with Gasteiger partial charge in [-0.25, -0.2) is 19.2 Å². The van der Waals surface area contributed by atoms with E-state index in [1.807, 2.05) is 0 Å². The number of pyridine rings is 2. The molecule has 4 heterocycles. The van der Waals surface area contributed by atoms with E-state index in [-0.39, 0.29) is 41.1 Å². The maximum absolute atomic E-state index is 14.8. The van der Waals surface area contributed by atoms with Crippen molar-refractivity contribution in [1.29, 1.82) is 0 Å². The second-order valence-electron chi connectivity index (χ2n) is 9.49. The number of hydrogen-bond acceptors (Lipinski definition) is 7. The molecule has 0 unspecified atom stereocenters. The molecule has 3 aromatic heterocycles. The topological polar surface area (TPSA) is 102 Å². The van der Waals surface area contributed by atoms with Crippen molar-refractivity contribution in [3.63, 3.8) is 0 Å². The van der Waals surface area contributed by atoms with Crippen LogP contribution in [0.25, 0.3) is 22.2 Å². The molecular formula is C23H24F4N6O3. The molecule has 4 rings (SSSR count). The number of nitrogens with zero attached hydrogens (tertiary/aromatic N) is 5. The largest absolute Gasteiger partial charge is 0.444 e. The number of rotatable bonds is 3. The van der Waals surface area contributed by atoms with Crippen LogP contribution in [-0.2, 0) is 18.0 Å². The first-order valence-corrected chi connectivity index (χ1v) is 11.0. The molecule has 9 nitrogen and oxygen atoms in total. The zero-order valence-electron chi connectivity index (χ0n) is 19.9. The van der Waals surface area contributed by atoms with Crippen molar-refractivity contribution < 1.29 is 27.1 Å². The summed E-state index contributed by atoms with van der Waals surface area (Å²) in [4.78, 5) is 39.0. The number of alkyl halides is 4. The fourth-order valence-electron chi connectivity index (χ4n) is 3.78. The molecule has 1 amide bonds. The van der Waals surface area contributed by atoms with Crippen LogP contribution >= 0.6 is 0 Å². The second kappa shape index (κ2) is 9.03. The summed E-state index contributed by atoms with van der Waals surface area (Å²) < 4.78 is 60.1. The fraction of sp³-hybridized carbons (Fsp3) is 0.435. The average Bonchev–Trinajstić information content (AvgIpc) is 3.15. The highest BCUT2D eigenvalue weighted by Gasteiger charge is 2.38. The minimum absolute atomic E-state index is 0.0158. The third-order valence-corrected chi connectivity index (χ3v) is 5.53. The highest BCUT2D eigenvalue weighted by atomic mass is 19.4. The third kappa shape index (κ3) is 5.09. The average molecular weight is 508 g/mol. The lowest BCUT2D eigenvalue weighted by Gasteiger charge is -2.24. The predicted molar refractivity (Wildman–Crippen MR) is 123 cm³/mol. The predicted octanol–water partition coefficient (Wildman–Crippen LogP) is 3.78. The number of amides is 1. The molecule has 1 aliphatic heterocycles. The van der Waals surface area contributed by atoms with Crippen LogP contribution in [0.3, 0.4) is 0 Å². The van der Waals surface area contributed by atoms with Gasteiger partial charge in [0.25, 0.3) is 5.56 Å². The maximum atomic E-state index is 14.8. The SMILES string of the molecule is Cn1cnc2c(-c3ccc(C(F)(F)F)cn3)cnc(N[C@@H]3CN(C(=O)OC(C)(C)C)C[C@@H]3F)c2c1=O. The van der Waals surface area contributed by atoms with E-state index in [0.29, 0.717) is 6.20 Å². The van der Waals surface area contributed by atoms with E-state index in [0.717, 1.165) is 6.07 Å². The minimum atomic E-state index is -4.55. The highest BCUT2D eigenvalue weighted by Crippen LogP contribution is 2.32. The van der Waals surface area contributed by atoms with Gasteiger partial charge >= 0.3 is 12.3 Å². The molecule has 1 fully saturated rings. The summed E-state index contributed by atoms with van der Waals surface area (Å²) in [5.74, 6) is 0.0352. The number of aryl methyl sites for hydroxylation is 1. The van der Waals surface area contributed by atoms with E-state index in [9.17, 15) is 27.2 Å². The number of aromatic nitrogens is 4. The quantitative estimate of drug-likeness (QED) is 0.538. The van der Waals surface area contributed by atoms with Crippen LogP contribution in [-0.4, -0.2) is 61.4 Å². The second-order valence-corrected chi connectivity index (χ2v) is 9.49. The Balaban J connectivity index is 1.68. The number of hydrogen-bond donors (Lipinski definition) is 1. The number of carbonyl (C=O) groups excluding carboxylic acids is 1. The highest BCUT2D eigenvalue weighted by molar-refractivity contribution is 5.98. The lowest BCUT2D eigenvalue weighted by atomic mass is 10.1. The molecule has 0 spiro atoms. The van der Waals surface area contributed by atoms with Crippen LogP contribution in [0.15, 0.2) is 35.6 Å². The molecule has 0 radical (unpaired) electrons. The van der Waals surface area contributed by atoms with Gasteiger partial charge in [-0.3, -0.25) is 9.78 Å². The molecule has 0 aromatic carbocycles. The molecule has 3 aromatic rings. The van der Waals surface area contributed by atoms with Gasteiger partial charge in [-0.2, -0.15) is 13.2 Å². The molecule has 0 bridgehead atoms. The monoisotopic (exact) mass is 508 g/mol. The third-order valence-electron chi connectivity index (χ3n) is 5.53. The first kappa shape index (κ1) is 25.3. The summed E-state index contributed by atoms with van der Waals surface area (Å²) in [6.45, 7) is 4.89. The summed E-state index contributed by atoms with van der Waals surface area (Å²) in [7, 11) is 1.47. The Morgan fingerprint density at radius 2 is 1.83 bits per heavy atom. The summed E-state index contributed by atoms with van der Waals surface area (Å²) in [5.41, 5.74) is -1.66. The first-order chi connectivity index (χ1) is 16.7. The minimum Gasteiger partial charge on any atom is -0.444 e. The number of nitrogens with one attached hydrogen (secondary N) is 1. The molecule has 1 saturated heterocycles. The van der Waals surface area contributed by atoms with Gasteiger partial charge in [0.05, 0.1) is 35.7 Å². The number of likely N-dealkylation sites (tertiary alicyclic amines) is 1. The zero-order chi connectivity index (χ0) is 26.4. The van der Waals surface area contributed by atoms with Gasteiger partial charge in [-0.05, 0) is 32.9 Å². The Bertz CT molecular complexity index is 1350. The van der Waals surface area contributed by atoms with Crippen LogP contribution in [0.1, 0.15) is 26.3 Å². The van der Waals surface area contributed by atoms with Crippen molar-refractivity contribution in [2.75, 3.05) is 18.4 Å². The van der Waals surface area contributed by atoms with E-state index < -0.39 is 41.2 Å². The Labute approximate surface area is 203 Å². The van der Waals surface area contributed by atoms with E-state index in [2.05, 4.69) is 20.3 Å². The number of ether oxygens (including phenoxy) is 1. The Kier molecular flexibility index (Phi) is 6.35. The van der Waals surface area contributed by atoms with Crippen LogP contribution in [0.5, 0.6) is 0 Å². The molecular weight excluding hydrogens is 484 g/mol. The van der Waals surface area contributed by atoms with Crippen LogP contribution in [0.2, 0.25) is 0 Å². The first-order valence-electron chi connectivity index (χ1n) is 11.0. The number of anilines is 1. The van der Waals surface area contributed by atoms with Crippen molar-refractivity contribution >= 4 is 22.8 Å². The van der Waals surface area contributed by atoms with Crippen molar-refractivity contribution in [3.8, 4) is 11.3 Å². The standard InChI is InChI=1S/C23H24F4N6O3/c1-22(2,3)36-21(35)33-9-14(24)16(10-33)31-19-17-18(30-11-32(4)20(17)34)13(8-29-19)15-6-5-12(7-28-15)23(25,26)27/h5-8,11,14,16H,9-10H2,1-4H3,(H,29,31)/t14-,16+/m0/s1. The Hall–Kier alpha value is -3.77. The van der Waals surface area contributed by atoms with Gasteiger partial charge < -0.3 is 19.5 Å². The molecule has 2 atom stereocenters. The molecule has 36 heavy (non-hydrogen) atoms. The molecule has 192 valence electrons. The van der Waals surface area contributed by atoms with Crippen molar-refractivity contribution in [1.82, 2.24) is 24.4 Å². The van der Waals surface area contributed by atoms with E-state index in [4.69, 9.17) is 4.74 Å². The van der Waals surface area contributed by atoms with Crippen LogP contribution in [0, 0.1) is 0 Å². The maximum Gasteiger partial charge on any atom is 0.417 e. The summed E-state index contributed by atoms with van der Waals surface area (Å²) in [6, 6.07) is 1.16. The lowest BCUT2D eigenvalue weighted by Crippen LogP contribution is -2.36. The van der Waals surface area contributed by atoms with Gasteiger partial charge in [0.1, 0.15) is 23.0 Å². The van der Waals surface area contributed by atoms with E-state index in [1.54, 1.807) is 20.8 Å². The van der Waals surface area contributed by atoms with Gasteiger partial charge in [0.15, 0.2) is 0 Å². The van der Waals surface area contributed by atoms with Gasteiger partial charge in [0.2, 0.25) is 0 Å². The van der Waals surface area contributed by atoms with E-state index in [1.165, 1.54) is 35.1 Å². The number of halogens is 4. The Morgan fingerprint density at radius 3 is 2.44 bits per heavy atom. The van der Waals surface area contributed by atoms with Gasteiger partial charge in [-0.15, -0.1) is 0 Å². The molecule has 0 aliphatic carbocycles. The summed E-state index contributed by atoms with van der Waals surface area (Å²) in [6.07, 6.45) is -3.42. The van der Waals surface area contributed by atoms with E-state index >= 15 is 0 Å². The smallest absolute Gasteiger partial charge is 0.417 e. The lowest BCUT2D eigenvalue weighted by molar-refractivity contribution is -0.137. The van der Waals surface area contributed by atoms with Crippen molar-refractivity contribution in [2.45, 2.75) is 44.8 Å². The van der Waals surface area contributed by atoms with Gasteiger partial charge in [-0.1, -0.05) is 0 Å².